The Morgan fingerprint density at radius 2 is 2.00 bits per heavy atom. The monoisotopic (exact) mass is 401 g/mol. The summed E-state index contributed by atoms with van der Waals surface area (Å²) in [5, 5.41) is 12.6. The van der Waals surface area contributed by atoms with E-state index in [1.807, 2.05) is 41.1 Å². The van der Waals surface area contributed by atoms with Crippen molar-refractivity contribution in [2.45, 2.75) is 46.1 Å². The number of amides is 1. The fraction of sp³-hybridized carbons (Fsp3) is 0.368. The van der Waals surface area contributed by atoms with Gasteiger partial charge in [0.05, 0.1) is 5.69 Å². The van der Waals surface area contributed by atoms with Crippen molar-refractivity contribution in [1.29, 1.82) is 0 Å². The minimum Gasteiger partial charge on any atom is -0.302 e. The SMILES string of the molecule is Cc1ccc(-c2n[nH]c(=S)n2CCC(=O)Nc2nc(C(C)(C)C)cs2)cc1. The molecule has 3 aromatic rings. The lowest BCUT2D eigenvalue weighted by molar-refractivity contribution is -0.116. The molecule has 142 valence electrons. The number of nitrogens with one attached hydrogen (secondary N) is 2. The maximum absolute atomic E-state index is 12.3. The van der Waals surface area contributed by atoms with Gasteiger partial charge in [-0.2, -0.15) is 5.10 Å². The van der Waals surface area contributed by atoms with E-state index in [1.165, 1.54) is 16.9 Å². The van der Waals surface area contributed by atoms with Gasteiger partial charge in [0.15, 0.2) is 15.7 Å². The van der Waals surface area contributed by atoms with E-state index in [2.05, 4.69) is 41.3 Å². The van der Waals surface area contributed by atoms with Crippen molar-refractivity contribution in [3.8, 4) is 11.4 Å². The summed E-state index contributed by atoms with van der Waals surface area (Å²) in [6, 6.07) is 8.06. The number of aromatic nitrogens is 4. The Kier molecular flexibility index (Phi) is 5.57. The van der Waals surface area contributed by atoms with E-state index in [9.17, 15) is 4.79 Å². The minimum atomic E-state index is -0.0947. The lowest BCUT2D eigenvalue weighted by atomic mass is 9.93. The van der Waals surface area contributed by atoms with E-state index < -0.39 is 0 Å². The van der Waals surface area contributed by atoms with Crippen LogP contribution in [0.15, 0.2) is 29.6 Å². The summed E-state index contributed by atoms with van der Waals surface area (Å²) in [7, 11) is 0. The Hall–Kier alpha value is -2.32. The molecule has 0 bridgehead atoms. The number of hydrogen-bond acceptors (Lipinski definition) is 5. The van der Waals surface area contributed by atoms with Crippen LogP contribution in [0.4, 0.5) is 5.13 Å². The third kappa shape index (κ3) is 4.70. The third-order valence-corrected chi connectivity index (χ3v) is 5.22. The second-order valence-electron chi connectivity index (χ2n) is 7.46. The van der Waals surface area contributed by atoms with Crippen molar-refractivity contribution < 1.29 is 4.79 Å². The standard InChI is InChI=1S/C19H23N5OS2/c1-12-5-7-13(8-6-12)16-22-23-18(26)24(16)10-9-15(25)21-17-20-14(11-27-17)19(2,3)4/h5-8,11H,9-10H2,1-4H3,(H,23,26)(H,20,21,25). The molecular formula is C19H23N5OS2. The van der Waals surface area contributed by atoms with Gasteiger partial charge in [-0.25, -0.2) is 4.98 Å². The van der Waals surface area contributed by atoms with Gasteiger partial charge in [-0.05, 0) is 19.1 Å². The summed E-state index contributed by atoms with van der Waals surface area (Å²) in [4.78, 5) is 16.8. The van der Waals surface area contributed by atoms with Gasteiger partial charge in [-0.3, -0.25) is 14.5 Å². The van der Waals surface area contributed by atoms with E-state index in [0.29, 0.717) is 16.4 Å². The molecule has 0 saturated heterocycles. The lowest BCUT2D eigenvalue weighted by Crippen LogP contribution is -2.16. The van der Waals surface area contributed by atoms with Crippen molar-refractivity contribution in [3.63, 3.8) is 0 Å². The van der Waals surface area contributed by atoms with Crippen molar-refractivity contribution in [2.24, 2.45) is 0 Å². The number of aromatic amines is 1. The summed E-state index contributed by atoms with van der Waals surface area (Å²) >= 11 is 6.77. The highest BCUT2D eigenvalue weighted by Crippen LogP contribution is 2.26. The van der Waals surface area contributed by atoms with Crippen LogP contribution in [0.3, 0.4) is 0 Å². The molecule has 0 aliphatic heterocycles. The van der Waals surface area contributed by atoms with Crippen molar-refractivity contribution in [2.75, 3.05) is 5.32 Å². The molecule has 2 N–H and O–H groups in total. The van der Waals surface area contributed by atoms with Gasteiger partial charge in [-0.1, -0.05) is 50.6 Å². The summed E-state index contributed by atoms with van der Waals surface area (Å²) < 4.78 is 2.35. The Morgan fingerprint density at radius 1 is 1.30 bits per heavy atom. The average molecular weight is 402 g/mol. The first-order chi connectivity index (χ1) is 12.7. The quantitative estimate of drug-likeness (QED) is 0.608. The van der Waals surface area contributed by atoms with Crippen LogP contribution in [0.2, 0.25) is 0 Å². The molecule has 0 radical (unpaired) electrons. The van der Waals surface area contributed by atoms with Crippen LogP contribution < -0.4 is 5.32 Å². The molecule has 27 heavy (non-hydrogen) atoms. The summed E-state index contributed by atoms with van der Waals surface area (Å²) in [5.74, 6) is 0.639. The molecule has 8 heteroatoms. The van der Waals surface area contributed by atoms with Gasteiger partial charge in [0.1, 0.15) is 0 Å². The van der Waals surface area contributed by atoms with Gasteiger partial charge in [0.25, 0.3) is 0 Å². The molecule has 0 spiro atoms. The second-order valence-corrected chi connectivity index (χ2v) is 8.70. The molecule has 2 aromatic heterocycles. The fourth-order valence-corrected chi connectivity index (χ4v) is 3.70. The number of benzene rings is 1. The number of carbonyl (C=O) groups is 1. The molecule has 0 unspecified atom stereocenters. The van der Waals surface area contributed by atoms with Gasteiger partial charge in [-0.15, -0.1) is 11.3 Å². The number of H-pyrrole nitrogens is 1. The van der Waals surface area contributed by atoms with Crippen LogP contribution in [0.5, 0.6) is 0 Å². The van der Waals surface area contributed by atoms with Gasteiger partial charge in [0.2, 0.25) is 5.91 Å². The van der Waals surface area contributed by atoms with Crippen molar-refractivity contribution >= 4 is 34.6 Å². The maximum atomic E-state index is 12.3. The largest absolute Gasteiger partial charge is 0.302 e. The van der Waals surface area contributed by atoms with Crippen LogP contribution in [0.25, 0.3) is 11.4 Å². The van der Waals surface area contributed by atoms with Gasteiger partial charge >= 0.3 is 0 Å². The first-order valence-corrected chi connectivity index (χ1v) is 10.0. The fourth-order valence-electron chi connectivity index (χ4n) is 2.52. The highest BCUT2D eigenvalue weighted by molar-refractivity contribution is 7.71. The molecule has 0 atom stereocenters. The van der Waals surface area contributed by atoms with Crippen LogP contribution >= 0.6 is 23.6 Å². The van der Waals surface area contributed by atoms with E-state index in [1.54, 1.807) is 0 Å². The normalized spacial score (nSPS) is 11.6. The Labute approximate surface area is 167 Å². The Morgan fingerprint density at radius 3 is 2.63 bits per heavy atom. The third-order valence-electron chi connectivity index (χ3n) is 4.15. The molecule has 0 aliphatic rings. The van der Waals surface area contributed by atoms with Crippen molar-refractivity contribution in [3.05, 3.63) is 45.7 Å². The predicted octanol–water partition coefficient (Wildman–Crippen LogP) is 4.70. The van der Waals surface area contributed by atoms with Gasteiger partial charge in [0, 0.05) is 29.3 Å². The molecule has 1 amide bonds. The number of carbonyl (C=O) groups excluding carboxylic acids is 1. The summed E-state index contributed by atoms with van der Waals surface area (Å²) in [5.41, 5.74) is 3.08. The molecule has 1 aromatic carbocycles. The predicted molar refractivity (Wildman–Crippen MR) is 112 cm³/mol. The van der Waals surface area contributed by atoms with E-state index in [-0.39, 0.29) is 17.7 Å². The number of nitrogens with zero attached hydrogens (tertiary/aromatic N) is 3. The average Bonchev–Trinajstić information content (AvgIpc) is 3.20. The van der Waals surface area contributed by atoms with Crippen LogP contribution in [0, 0.1) is 11.7 Å². The number of hydrogen-bond donors (Lipinski definition) is 2. The maximum Gasteiger partial charge on any atom is 0.227 e. The number of rotatable bonds is 5. The van der Waals surface area contributed by atoms with Crippen LogP contribution in [0.1, 0.15) is 38.4 Å². The smallest absolute Gasteiger partial charge is 0.227 e. The van der Waals surface area contributed by atoms with E-state index in [4.69, 9.17) is 12.2 Å². The molecule has 0 aliphatic carbocycles. The second kappa shape index (κ2) is 7.74. The molecular weight excluding hydrogens is 378 g/mol. The highest BCUT2D eigenvalue weighted by Gasteiger charge is 2.18. The van der Waals surface area contributed by atoms with Crippen molar-refractivity contribution in [1.82, 2.24) is 19.7 Å². The lowest BCUT2D eigenvalue weighted by Gasteiger charge is -2.14. The molecule has 0 fully saturated rings. The zero-order valence-electron chi connectivity index (χ0n) is 15.9. The van der Waals surface area contributed by atoms with Crippen LogP contribution in [-0.4, -0.2) is 25.7 Å². The molecule has 3 rings (SSSR count). The molecule has 0 saturated carbocycles. The summed E-state index contributed by atoms with van der Waals surface area (Å²) in [6.45, 7) is 8.78. The number of anilines is 1. The Bertz CT molecular complexity index is 992. The number of aryl methyl sites for hydroxylation is 1. The first-order valence-electron chi connectivity index (χ1n) is 8.72. The highest BCUT2D eigenvalue weighted by atomic mass is 32.1. The summed E-state index contributed by atoms with van der Waals surface area (Å²) in [6.07, 6.45) is 0.289. The van der Waals surface area contributed by atoms with Gasteiger partial charge < -0.3 is 5.32 Å². The van der Waals surface area contributed by atoms with E-state index >= 15 is 0 Å². The molecule has 2 heterocycles. The first kappa shape index (κ1) is 19.4. The number of thiazole rings is 1. The molecule has 6 nitrogen and oxygen atoms in total. The van der Waals surface area contributed by atoms with E-state index in [0.717, 1.165) is 17.1 Å². The minimum absolute atomic E-state index is 0.0354. The Balaban J connectivity index is 1.67. The topological polar surface area (TPSA) is 75.6 Å². The van der Waals surface area contributed by atoms with Crippen LogP contribution in [-0.2, 0) is 16.8 Å². The zero-order chi connectivity index (χ0) is 19.6. The zero-order valence-corrected chi connectivity index (χ0v) is 17.5.